The van der Waals surface area contributed by atoms with Crippen molar-refractivity contribution in [2.45, 2.75) is 66.2 Å². The monoisotopic (exact) mass is 320 g/mol. The average Bonchev–Trinajstić information content (AvgIpc) is 2.46. The second-order valence-corrected chi connectivity index (χ2v) is 8.85. The fourth-order valence-electron chi connectivity index (χ4n) is 5.58. The zero-order valence-electron chi connectivity index (χ0n) is 14.4. The maximum absolute atomic E-state index is 12.2. The highest BCUT2D eigenvalue weighted by atomic mass is 35.5. The molecule has 0 amide bonds. The number of rotatable bonds is 2. The van der Waals surface area contributed by atoms with Crippen molar-refractivity contribution in [3.05, 3.63) is 23.3 Å². The third-order valence-electron chi connectivity index (χ3n) is 7.03. The van der Waals surface area contributed by atoms with E-state index in [4.69, 9.17) is 11.6 Å². The van der Waals surface area contributed by atoms with Crippen LogP contribution in [0, 0.1) is 28.6 Å². The molecule has 0 aromatic rings. The summed E-state index contributed by atoms with van der Waals surface area (Å²) < 4.78 is 0. The summed E-state index contributed by atoms with van der Waals surface area (Å²) in [5, 5.41) is -0.116. The molecule has 1 nitrogen and oxygen atoms in total. The van der Waals surface area contributed by atoms with Gasteiger partial charge in [0, 0.05) is 5.41 Å². The van der Waals surface area contributed by atoms with Crippen LogP contribution in [0.5, 0.6) is 0 Å². The molecule has 1 unspecified atom stereocenters. The molecule has 0 bridgehead atoms. The van der Waals surface area contributed by atoms with E-state index in [1.165, 1.54) is 19.3 Å². The fraction of sp³-hybridized carbons (Fsp3) is 0.750. The van der Waals surface area contributed by atoms with Crippen LogP contribution in [0.15, 0.2) is 23.3 Å². The molecular formula is C20H29ClO. The maximum Gasteiger partial charge on any atom is 0.227 e. The molecule has 0 heterocycles. The fourth-order valence-corrected chi connectivity index (χ4v) is 5.81. The quantitative estimate of drug-likeness (QED) is 0.580. The molecule has 1 saturated carbocycles. The number of fused-ring (bicyclic) bond motifs is 3. The zero-order valence-corrected chi connectivity index (χ0v) is 15.2. The molecular weight excluding hydrogens is 292 g/mol. The van der Waals surface area contributed by atoms with Crippen molar-refractivity contribution in [2.24, 2.45) is 28.6 Å². The van der Waals surface area contributed by atoms with Gasteiger partial charge in [0.25, 0.3) is 0 Å². The van der Waals surface area contributed by atoms with E-state index in [1.54, 1.807) is 11.1 Å². The van der Waals surface area contributed by atoms with Crippen molar-refractivity contribution in [3.63, 3.8) is 0 Å². The predicted molar refractivity (Wildman–Crippen MR) is 92.8 cm³/mol. The average molecular weight is 321 g/mol. The Morgan fingerprint density at radius 1 is 1.32 bits per heavy atom. The lowest BCUT2D eigenvalue weighted by Gasteiger charge is -2.57. The van der Waals surface area contributed by atoms with Gasteiger partial charge in [-0.1, -0.05) is 51.8 Å². The van der Waals surface area contributed by atoms with Gasteiger partial charge >= 0.3 is 0 Å². The van der Waals surface area contributed by atoms with Gasteiger partial charge in [-0.3, -0.25) is 4.79 Å². The first-order valence-electron chi connectivity index (χ1n) is 8.89. The number of halogens is 1. The topological polar surface area (TPSA) is 17.1 Å². The lowest BCUT2D eigenvalue weighted by atomic mass is 9.47. The summed E-state index contributed by atoms with van der Waals surface area (Å²) in [7, 11) is 0. The molecule has 3 aliphatic carbocycles. The molecule has 122 valence electrons. The Balaban J connectivity index is 2.00. The highest BCUT2D eigenvalue weighted by Gasteiger charge is 2.56. The molecule has 0 aliphatic heterocycles. The van der Waals surface area contributed by atoms with Gasteiger partial charge in [0.1, 0.15) is 0 Å². The summed E-state index contributed by atoms with van der Waals surface area (Å²) in [4.78, 5) is 12.2. The van der Waals surface area contributed by atoms with Crippen LogP contribution in [0.25, 0.3) is 0 Å². The molecule has 3 rings (SSSR count). The molecule has 0 aromatic heterocycles. The van der Waals surface area contributed by atoms with Crippen LogP contribution >= 0.6 is 11.6 Å². The highest BCUT2D eigenvalue weighted by Crippen LogP contribution is 2.62. The smallest absolute Gasteiger partial charge is 0.227 e. The van der Waals surface area contributed by atoms with E-state index in [0.717, 1.165) is 19.3 Å². The van der Waals surface area contributed by atoms with Crippen molar-refractivity contribution in [1.82, 2.24) is 0 Å². The molecule has 0 N–H and O–H groups in total. The van der Waals surface area contributed by atoms with Crippen molar-refractivity contribution >= 4 is 16.8 Å². The number of hydrogen-bond donors (Lipinski definition) is 0. The zero-order chi connectivity index (χ0) is 16.1. The van der Waals surface area contributed by atoms with E-state index in [-0.39, 0.29) is 16.1 Å². The van der Waals surface area contributed by atoms with Gasteiger partial charge in [0.15, 0.2) is 0 Å². The summed E-state index contributed by atoms with van der Waals surface area (Å²) >= 11 is 6.05. The number of allylic oxidation sites excluding steroid dienone is 4. The standard InChI is InChI=1S/C20H29ClO/c1-13(2)14-6-8-16-15(12-14)7-9-17-19(16,3)10-5-11-20(17,4)18(21)22/h7,12-13,16-17H,5-6,8-11H2,1-4H3/t16-,17?,19+,20+/m0/s1. The minimum atomic E-state index is -0.335. The van der Waals surface area contributed by atoms with Crippen LogP contribution in [0.4, 0.5) is 0 Å². The Morgan fingerprint density at radius 2 is 2.05 bits per heavy atom. The van der Waals surface area contributed by atoms with Crippen LogP contribution in [-0.2, 0) is 4.79 Å². The van der Waals surface area contributed by atoms with E-state index >= 15 is 0 Å². The minimum absolute atomic E-state index is 0.116. The minimum Gasteiger partial charge on any atom is -0.281 e. The van der Waals surface area contributed by atoms with Gasteiger partial charge in [-0.2, -0.15) is 0 Å². The molecule has 0 spiro atoms. The Morgan fingerprint density at radius 3 is 2.68 bits per heavy atom. The van der Waals surface area contributed by atoms with E-state index in [0.29, 0.717) is 17.8 Å². The van der Waals surface area contributed by atoms with E-state index in [9.17, 15) is 4.79 Å². The molecule has 0 saturated heterocycles. The first kappa shape index (κ1) is 16.3. The first-order chi connectivity index (χ1) is 10.3. The van der Waals surface area contributed by atoms with Gasteiger partial charge in [-0.25, -0.2) is 0 Å². The van der Waals surface area contributed by atoms with Gasteiger partial charge in [0.05, 0.1) is 0 Å². The number of hydrogen-bond acceptors (Lipinski definition) is 1. The largest absolute Gasteiger partial charge is 0.281 e. The van der Waals surface area contributed by atoms with E-state index < -0.39 is 0 Å². The van der Waals surface area contributed by atoms with Crippen LogP contribution in [0.3, 0.4) is 0 Å². The van der Waals surface area contributed by atoms with Crippen molar-refractivity contribution in [2.75, 3.05) is 0 Å². The second-order valence-electron chi connectivity index (χ2n) is 8.51. The van der Waals surface area contributed by atoms with Gasteiger partial charge in [-0.05, 0) is 72.4 Å². The van der Waals surface area contributed by atoms with Crippen molar-refractivity contribution < 1.29 is 4.79 Å². The van der Waals surface area contributed by atoms with Gasteiger partial charge in [-0.15, -0.1) is 0 Å². The Kier molecular flexibility index (Phi) is 4.08. The highest BCUT2D eigenvalue weighted by molar-refractivity contribution is 6.64. The molecule has 4 atom stereocenters. The van der Waals surface area contributed by atoms with Crippen LogP contribution in [0.2, 0.25) is 0 Å². The molecule has 3 aliphatic rings. The Hall–Kier alpha value is -0.560. The maximum atomic E-state index is 12.2. The molecule has 1 fully saturated rings. The van der Waals surface area contributed by atoms with Crippen LogP contribution < -0.4 is 0 Å². The van der Waals surface area contributed by atoms with Crippen LogP contribution in [-0.4, -0.2) is 5.24 Å². The SMILES string of the molecule is CC(C)C1=CC2=CCC3[C@](C)(C(=O)Cl)CCC[C@]3(C)[C@H]2CC1. The molecule has 22 heavy (non-hydrogen) atoms. The third kappa shape index (κ3) is 2.31. The Labute approximate surface area is 140 Å². The summed E-state index contributed by atoms with van der Waals surface area (Å²) in [5.41, 5.74) is 3.04. The first-order valence-corrected chi connectivity index (χ1v) is 9.27. The lowest BCUT2D eigenvalue weighted by molar-refractivity contribution is -0.133. The number of carbonyl (C=O) groups is 1. The summed E-state index contributed by atoms with van der Waals surface area (Å²) in [5.74, 6) is 1.67. The third-order valence-corrected chi connectivity index (χ3v) is 7.46. The lowest BCUT2D eigenvalue weighted by Crippen LogP contribution is -2.52. The summed E-state index contributed by atoms with van der Waals surface area (Å²) in [6.07, 6.45) is 11.7. The summed E-state index contributed by atoms with van der Waals surface area (Å²) in [6, 6.07) is 0. The molecule has 2 heteroatoms. The van der Waals surface area contributed by atoms with Crippen molar-refractivity contribution in [3.8, 4) is 0 Å². The second kappa shape index (κ2) is 5.51. The van der Waals surface area contributed by atoms with Gasteiger partial charge < -0.3 is 0 Å². The van der Waals surface area contributed by atoms with Crippen molar-refractivity contribution in [1.29, 1.82) is 0 Å². The molecule has 0 radical (unpaired) electrons. The van der Waals surface area contributed by atoms with E-state index in [2.05, 4.69) is 39.8 Å². The number of carbonyl (C=O) groups excluding carboxylic acids is 1. The normalized spacial score (nSPS) is 41.4. The summed E-state index contributed by atoms with van der Waals surface area (Å²) in [6.45, 7) is 9.13. The van der Waals surface area contributed by atoms with Gasteiger partial charge in [0.2, 0.25) is 5.24 Å². The Bertz CT molecular complexity index is 544. The predicted octanol–water partition coefficient (Wildman–Crippen LogP) is 5.89. The van der Waals surface area contributed by atoms with E-state index in [1.807, 2.05) is 0 Å². The molecule has 0 aromatic carbocycles. The van der Waals surface area contributed by atoms with Crippen LogP contribution in [0.1, 0.15) is 66.2 Å².